The molecule has 2 heterocycles. The van der Waals surface area contributed by atoms with Crippen molar-refractivity contribution in [1.82, 2.24) is 9.91 Å². The number of hydrogen-bond donors (Lipinski definition) is 0. The molecule has 186 valence electrons. The van der Waals surface area contributed by atoms with Crippen LogP contribution < -0.4 is 4.90 Å². The van der Waals surface area contributed by atoms with E-state index in [-0.39, 0.29) is 17.8 Å². The third kappa shape index (κ3) is 4.91. The van der Waals surface area contributed by atoms with Gasteiger partial charge in [-0.2, -0.15) is 5.10 Å². The third-order valence-corrected chi connectivity index (χ3v) is 7.34. The lowest BCUT2D eigenvalue weighted by molar-refractivity contribution is -0.134. The summed E-state index contributed by atoms with van der Waals surface area (Å²) in [7, 11) is 0. The van der Waals surface area contributed by atoms with E-state index in [2.05, 4.69) is 60.9 Å². The lowest BCUT2D eigenvalue weighted by atomic mass is 9.93. The number of para-hydroxylation sites is 1. The highest BCUT2D eigenvalue weighted by molar-refractivity contribution is 6.04. The number of hydrazone groups is 1. The van der Waals surface area contributed by atoms with E-state index in [1.807, 2.05) is 24.3 Å². The van der Waals surface area contributed by atoms with Crippen molar-refractivity contribution in [2.45, 2.75) is 33.2 Å². The number of piperazine rings is 1. The number of halogens is 1. The molecule has 0 N–H and O–H groups in total. The molecule has 36 heavy (non-hydrogen) atoms. The lowest BCUT2D eigenvalue weighted by Gasteiger charge is -2.36. The Morgan fingerprint density at radius 3 is 2.39 bits per heavy atom. The Morgan fingerprint density at radius 1 is 0.917 bits per heavy atom. The molecule has 1 atom stereocenters. The number of rotatable bonds is 5. The zero-order valence-electron chi connectivity index (χ0n) is 21.2. The largest absolute Gasteiger partial charge is 0.367 e. The fourth-order valence-corrected chi connectivity index (χ4v) is 5.27. The van der Waals surface area contributed by atoms with E-state index in [0.717, 1.165) is 22.4 Å². The number of nitrogens with zero attached hydrogens (tertiary/aromatic N) is 4. The molecule has 0 saturated carbocycles. The Balaban J connectivity index is 1.34. The van der Waals surface area contributed by atoms with Crippen LogP contribution in [0.4, 0.5) is 10.1 Å². The minimum Gasteiger partial charge on any atom is -0.367 e. The highest BCUT2D eigenvalue weighted by Crippen LogP contribution is 2.35. The molecule has 6 heteroatoms. The summed E-state index contributed by atoms with van der Waals surface area (Å²) < 4.78 is 14.2. The Hall–Kier alpha value is -3.51. The van der Waals surface area contributed by atoms with Crippen molar-refractivity contribution in [3.8, 4) is 0 Å². The summed E-state index contributed by atoms with van der Waals surface area (Å²) in [6.45, 7) is 9.36. The SMILES string of the molecule is Cc1ccc(C)c(C2=NN(C(=O)CN3CCN(c4ccccc4F)CC3)C(c3ccccc3C)C2)c1. The standard InChI is InChI=1S/C30H33FN4O/c1-21-12-13-23(3)25(18-21)27-19-29(24-9-5-4-8-22(24)2)35(32-27)30(36)20-33-14-16-34(17-15-33)28-11-7-6-10-26(28)31/h4-13,18,29H,14-17,19-20H2,1-3H3. The quantitative estimate of drug-likeness (QED) is 0.497. The minimum atomic E-state index is -0.200. The molecule has 3 aromatic carbocycles. The van der Waals surface area contributed by atoms with Gasteiger partial charge in [0.2, 0.25) is 0 Å². The van der Waals surface area contributed by atoms with E-state index in [4.69, 9.17) is 5.10 Å². The Labute approximate surface area is 212 Å². The normalized spacial score (nSPS) is 18.4. The van der Waals surface area contributed by atoms with Gasteiger partial charge in [-0.3, -0.25) is 9.69 Å². The third-order valence-electron chi connectivity index (χ3n) is 7.34. The predicted molar refractivity (Wildman–Crippen MR) is 143 cm³/mol. The first-order valence-corrected chi connectivity index (χ1v) is 12.7. The number of hydrogen-bond acceptors (Lipinski definition) is 4. The molecular formula is C30H33FN4O. The van der Waals surface area contributed by atoms with Crippen molar-refractivity contribution >= 4 is 17.3 Å². The van der Waals surface area contributed by atoms with Crippen LogP contribution in [-0.4, -0.2) is 54.3 Å². The van der Waals surface area contributed by atoms with Gasteiger partial charge in [0, 0.05) is 38.2 Å². The Bertz CT molecular complexity index is 1300. The molecule has 5 rings (SSSR count). The average molecular weight is 485 g/mol. The molecule has 5 nitrogen and oxygen atoms in total. The van der Waals surface area contributed by atoms with Crippen molar-refractivity contribution in [3.05, 3.63) is 100 Å². The van der Waals surface area contributed by atoms with E-state index in [0.29, 0.717) is 44.8 Å². The van der Waals surface area contributed by atoms with Gasteiger partial charge in [0.1, 0.15) is 5.82 Å². The van der Waals surface area contributed by atoms with Crippen LogP contribution in [0.1, 0.15) is 40.3 Å². The molecule has 0 aromatic heterocycles. The fraction of sp³-hybridized carbons (Fsp3) is 0.333. The zero-order chi connectivity index (χ0) is 25.2. The number of amides is 1. The Morgan fingerprint density at radius 2 is 1.64 bits per heavy atom. The molecule has 2 aliphatic rings. The van der Waals surface area contributed by atoms with Gasteiger partial charge in [0.05, 0.1) is 24.0 Å². The van der Waals surface area contributed by atoms with Gasteiger partial charge in [-0.1, -0.05) is 54.1 Å². The van der Waals surface area contributed by atoms with Gasteiger partial charge in [-0.25, -0.2) is 9.40 Å². The molecule has 1 saturated heterocycles. The van der Waals surface area contributed by atoms with Gasteiger partial charge >= 0.3 is 0 Å². The summed E-state index contributed by atoms with van der Waals surface area (Å²) in [5.41, 5.74) is 7.36. The average Bonchev–Trinajstić information content (AvgIpc) is 3.32. The van der Waals surface area contributed by atoms with Crippen LogP contribution in [0.25, 0.3) is 0 Å². The minimum absolute atomic E-state index is 0.00269. The number of aryl methyl sites for hydroxylation is 3. The van der Waals surface area contributed by atoms with Crippen molar-refractivity contribution in [3.63, 3.8) is 0 Å². The molecule has 3 aromatic rings. The van der Waals surface area contributed by atoms with Gasteiger partial charge in [0.25, 0.3) is 5.91 Å². The number of carbonyl (C=O) groups excluding carboxylic acids is 1. The molecule has 1 fully saturated rings. The summed E-state index contributed by atoms with van der Waals surface area (Å²) >= 11 is 0. The number of carbonyl (C=O) groups is 1. The molecule has 1 unspecified atom stereocenters. The van der Waals surface area contributed by atoms with Crippen LogP contribution in [0.15, 0.2) is 71.8 Å². The van der Waals surface area contributed by atoms with Crippen LogP contribution in [0, 0.1) is 26.6 Å². The van der Waals surface area contributed by atoms with Crippen molar-refractivity contribution in [1.29, 1.82) is 0 Å². The van der Waals surface area contributed by atoms with E-state index >= 15 is 0 Å². The highest BCUT2D eigenvalue weighted by atomic mass is 19.1. The first-order valence-electron chi connectivity index (χ1n) is 12.7. The smallest absolute Gasteiger partial charge is 0.257 e. The topological polar surface area (TPSA) is 39.2 Å². The maximum absolute atomic E-state index is 14.2. The monoisotopic (exact) mass is 484 g/mol. The Kier molecular flexibility index (Phi) is 6.88. The molecule has 0 spiro atoms. The lowest BCUT2D eigenvalue weighted by Crippen LogP contribution is -2.49. The first kappa shape index (κ1) is 24.2. The summed E-state index contributed by atoms with van der Waals surface area (Å²) in [4.78, 5) is 17.9. The first-order chi connectivity index (χ1) is 17.4. The van der Waals surface area contributed by atoms with E-state index in [1.54, 1.807) is 11.1 Å². The molecule has 0 aliphatic carbocycles. The van der Waals surface area contributed by atoms with Crippen LogP contribution in [-0.2, 0) is 4.79 Å². The summed E-state index contributed by atoms with van der Waals surface area (Å²) in [6.07, 6.45) is 0.696. The molecule has 0 radical (unpaired) electrons. The second-order valence-corrected chi connectivity index (χ2v) is 9.89. The van der Waals surface area contributed by atoms with Crippen molar-refractivity contribution in [2.24, 2.45) is 5.10 Å². The van der Waals surface area contributed by atoms with Crippen LogP contribution >= 0.6 is 0 Å². The molecular weight excluding hydrogens is 451 g/mol. The summed E-state index contributed by atoms with van der Waals surface area (Å²) in [5.74, 6) is -0.198. The van der Waals surface area contributed by atoms with Crippen molar-refractivity contribution in [2.75, 3.05) is 37.6 Å². The van der Waals surface area contributed by atoms with Crippen molar-refractivity contribution < 1.29 is 9.18 Å². The zero-order valence-corrected chi connectivity index (χ0v) is 21.2. The second kappa shape index (κ2) is 10.2. The van der Waals surface area contributed by atoms with Crippen LogP contribution in [0.2, 0.25) is 0 Å². The van der Waals surface area contributed by atoms with Gasteiger partial charge in [-0.15, -0.1) is 0 Å². The van der Waals surface area contributed by atoms with E-state index < -0.39 is 0 Å². The molecule has 1 amide bonds. The summed E-state index contributed by atoms with van der Waals surface area (Å²) in [6, 6.07) is 21.4. The second-order valence-electron chi connectivity index (χ2n) is 9.89. The van der Waals surface area contributed by atoms with Crippen LogP contribution in [0.5, 0.6) is 0 Å². The predicted octanol–water partition coefficient (Wildman–Crippen LogP) is 5.25. The van der Waals surface area contributed by atoms with Crippen LogP contribution in [0.3, 0.4) is 0 Å². The highest BCUT2D eigenvalue weighted by Gasteiger charge is 2.35. The fourth-order valence-electron chi connectivity index (χ4n) is 5.27. The van der Waals surface area contributed by atoms with Gasteiger partial charge in [-0.05, 0) is 55.7 Å². The molecule has 2 aliphatic heterocycles. The van der Waals surface area contributed by atoms with Gasteiger partial charge in [0.15, 0.2) is 0 Å². The van der Waals surface area contributed by atoms with Gasteiger partial charge < -0.3 is 4.90 Å². The maximum atomic E-state index is 14.2. The number of benzene rings is 3. The maximum Gasteiger partial charge on any atom is 0.257 e. The molecule has 0 bridgehead atoms. The number of anilines is 1. The van der Waals surface area contributed by atoms with E-state index in [1.165, 1.54) is 17.2 Å². The van der Waals surface area contributed by atoms with E-state index in [9.17, 15) is 9.18 Å². The summed E-state index contributed by atoms with van der Waals surface area (Å²) in [5, 5.41) is 6.62.